The molecule has 0 atom stereocenters. The molecule has 0 bridgehead atoms. The summed E-state index contributed by atoms with van der Waals surface area (Å²) in [5.41, 5.74) is 0.517. The Morgan fingerprint density at radius 1 is 1.38 bits per heavy atom. The van der Waals surface area contributed by atoms with Crippen LogP contribution in [-0.2, 0) is 10.5 Å². The Bertz CT molecular complexity index is 1020. The lowest BCUT2D eigenvalue weighted by Gasteiger charge is -2.17. The number of fused-ring (bicyclic) bond motifs is 1. The van der Waals surface area contributed by atoms with Crippen molar-refractivity contribution in [3.05, 3.63) is 27.1 Å². The van der Waals surface area contributed by atoms with Crippen LogP contribution in [0.2, 0.25) is 0 Å². The normalized spacial score (nSPS) is 14.1. The predicted molar refractivity (Wildman–Crippen MR) is 102 cm³/mol. The fraction of sp³-hybridized carbons (Fsp3) is 0.467. The highest BCUT2D eigenvalue weighted by Gasteiger charge is 2.35. The van der Waals surface area contributed by atoms with Gasteiger partial charge in [-0.2, -0.15) is 9.61 Å². The van der Waals surface area contributed by atoms with E-state index in [4.69, 9.17) is 0 Å². The van der Waals surface area contributed by atoms with Gasteiger partial charge in [-0.3, -0.25) is 14.5 Å². The quantitative estimate of drug-likeness (QED) is 0.457. The Morgan fingerprint density at radius 3 is 2.92 bits per heavy atom. The fourth-order valence-corrected chi connectivity index (χ4v) is 5.33. The van der Waals surface area contributed by atoms with E-state index in [1.165, 1.54) is 45.0 Å². The number of thioether (sulfide) groups is 1. The molecule has 0 saturated heterocycles. The van der Waals surface area contributed by atoms with Gasteiger partial charge in [-0.15, -0.1) is 10.2 Å². The zero-order chi connectivity index (χ0) is 18.3. The first kappa shape index (κ1) is 17.6. The molecule has 1 aliphatic carbocycles. The molecule has 11 heteroatoms. The van der Waals surface area contributed by atoms with Crippen molar-refractivity contribution in [3.63, 3.8) is 0 Å². The molecule has 1 saturated carbocycles. The van der Waals surface area contributed by atoms with Crippen molar-refractivity contribution >= 4 is 50.4 Å². The van der Waals surface area contributed by atoms with E-state index in [9.17, 15) is 9.59 Å². The lowest BCUT2D eigenvalue weighted by molar-refractivity contribution is -0.118. The van der Waals surface area contributed by atoms with Gasteiger partial charge in [0.1, 0.15) is 5.01 Å². The molecule has 3 aromatic rings. The second-order valence-electron chi connectivity index (χ2n) is 5.91. The summed E-state index contributed by atoms with van der Waals surface area (Å²) in [5.74, 6) is 0.666. The van der Waals surface area contributed by atoms with Gasteiger partial charge in [-0.1, -0.05) is 41.4 Å². The van der Waals surface area contributed by atoms with Crippen LogP contribution in [-0.4, -0.2) is 36.7 Å². The summed E-state index contributed by atoms with van der Waals surface area (Å²) in [6.07, 6.45) is 2.52. The van der Waals surface area contributed by atoms with Crippen LogP contribution in [0.25, 0.3) is 4.96 Å². The minimum absolute atomic E-state index is 0.0900. The lowest BCUT2D eigenvalue weighted by atomic mass is 10.4. The van der Waals surface area contributed by atoms with Gasteiger partial charge in [-0.25, -0.2) is 4.98 Å². The molecule has 0 aliphatic heterocycles. The van der Waals surface area contributed by atoms with Gasteiger partial charge in [0, 0.05) is 24.2 Å². The average molecular weight is 409 g/mol. The summed E-state index contributed by atoms with van der Waals surface area (Å²) >= 11 is 4.32. The summed E-state index contributed by atoms with van der Waals surface area (Å²) in [5, 5.41) is 14.2. The van der Waals surface area contributed by atoms with Crippen LogP contribution in [0.15, 0.2) is 15.2 Å². The number of carbonyl (C=O) groups excluding carboxylic acids is 1. The summed E-state index contributed by atoms with van der Waals surface area (Å²) in [7, 11) is 0. The largest absolute Gasteiger partial charge is 0.284 e. The van der Waals surface area contributed by atoms with Gasteiger partial charge < -0.3 is 0 Å². The Kier molecular flexibility index (Phi) is 4.76. The van der Waals surface area contributed by atoms with Crippen molar-refractivity contribution in [3.8, 4) is 0 Å². The number of hydrogen-bond donors (Lipinski definition) is 0. The Hall–Kier alpha value is -1.85. The minimum Gasteiger partial charge on any atom is -0.284 e. The maximum atomic E-state index is 12.2. The number of rotatable bonds is 6. The van der Waals surface area contributed by atoms with Crippen molar-refractivity contribution in [1.82, 2.24) is 24.8 Å². The SMILES string of the molecule is CCC(=O)N(c1nnc(SCc2nn3c(=O)cc(C)nc3s2)s1)C1CC1. The minimum atomic E-state index is -0.170. The molecular weight excluding hydrogens is 392 g/mol. The average Bonchev–Trinajstić information content (AvgIpc) is 3.17. The van der Waals surface area contributed by atoms with Crippen LogP contribution in [0, 0.1) is 6.92 Å². The van der Waals surface area contributed by atoms with Crippen molar-refractivity contribution in [2.75, 3.05) is 4.90 Å². The van der Waals surface area contributed by atoms with E-state index in [0.717, 1.165) is 22.2 Å². The third kappa shape index (κ3) is 3.51. The molecule has 8 nitrogen and oxygen atoms in total. The first-order valence-corrected chi connectivity index (χ1v) is 10.8. The first-order valence-electron chi connectivity index (χ1n) is 8.20. The zero-order valence-corrected chi connectivity index (χ0v) is 16.7. The monoisotopic (exact) mass is 408 g/mol. The lowest BCUT2D eigenvalue weighted by Crippen LogP contribution is -2.32. The van der Waals surface area contributed by atoms with E-state index < -0.39 is 0 Å². The van der Waals surface area contributed by atoms with E-state index in [1.54, 1.807) is 11.8 Å². The predicted octanol–water partition coefficient (Wildman–Crippen LogP) is 2.51. The number of aryl methyl sites for hydroxylation is 1. The highest BCUT2D eigenvalue weighted by Crippen LogP contribution is 2.37. The Morgan fingerprint density at radius 2 is 2.19 bits per heavy atom. The third-order valence-corrected chi connectivity index (χ3v) is 6.98. The zero-order valence-electron chi connectivity index (χ0n) is 14.2. The van der Waals surface area contributed by atoms with Gasteiger partial charge in [0.2, 0.25) is 16.0 Å². The molecule has 0 spiro atoms. The summed E-state index contributed by atoms with van der Waals surface area (Å²) in [6.45, 7) is 3.65. The highest BCUT2D eigenvalue weighted by molar-refractivity contribution is 8.00. The van der Waals surface area contributed by atoms with Crippen molar-refractivity contribution in [2.45, 2.75) is 49.2 Å². The molecule has 0 radical (unpaired) electrons. The van der Waals surface area contributed by atoms with Gasteiger partial charge in [0.25, 0.3) is 5.56 Å². The molecule has 26 heavy (non-hydrogen) atoms. The number of amides is 1. The number of anilines is 1. The summed E-state index contributed by atoms with van der Waals surface area (Å²) in [6, 6.07) is 1.75. The summed E-state index contributed by atoms with van der Waals surface area (Å²) in [4.78, 5) is 30.8. The van der Waals surface area contributed by atoms with Crippen LogP contribution in [0.5, 0.6) is 0 Å². The van der Waals surface area contributed by atoms with E-state index in [0.29, 0.717) is 28.0 Å². The number of hydrogen-bond acceptors (Lipinski definition) is 9. The maximum Gasteiger partial charge on any atom is 0.275 e. The molecule has 1 aliphatic rings. The topological polar surface area (TPSA) is 93.4 Å². The van der Waals surface area contributed by atoms with E-state index in [1.807, 2.05) is 6.92 Å². The molecule has 1 amide bonds. The van der Waals surface area contributed by atoms with E-state index in [2.05, 4.69) is 20.3 Å². The second-order valence-corrected chi connectivity index (χ2v) is 9.13. The highest BCUT2D eigenvalue weighted by atomic mass is 32.2. The first-order chi connectivity index (χ1) is 12.5. The van der Waals surface area contributed by atoms with E-state index in [-0.39, 0.29) is 17.5 Å². The number of aromatic nitrogens is 5. The molecular formula is C15H16N6O2S3. The van der Waals surface area contributed by atoms with Crippen molar-refractivity contribution < 1.29 is 4.79 Å². The molecule has 3 aromatic heterocycles. The number of nitrogens with zero attached hydrogens (tertiary/aromatic N) is 6. The Balaban J connectivity index is 1.49. The van der Waals surface area contributed by atoms with Crippen molar-refractivity contribution in [1.29, 1.82) is 0 Å². The molecule has 3 heterocycles. The van der Waals surface area contributed by atoms with Crippen LogP contribution >= 0.6 is 34.4 Å². The van der Waals surface area contributed by atoms with Crippen LogP contribution in [0.4, 0.5) is 5.13 Å². The molecule has 0 N–H and O–H groups in total. The smallest absolute Gasteiger partial charge is 0.275 e. The standard InChI is InChI=1S/C15H16N6O2S3/c1-3-11(22)20(9-4-5-9)14-17-18-15(26-14)24-7-10-19-21-12(23)6-8(2)16-13(21)25-10/h6,9H,3-5,7H2,1-2H3. The molecule has 4 rings (SSSR count). The fourth-order valence-electron chi connectivity index (χ4n) is 2.47. The van der Waals surface area contributed by atoms with Crippen LogP contribution in [0.3, 0.4) is 0 Å². The Labute approximate surface area is 161 Å². The van der Waals surface area contributed by atoms with Crippen LogP contribution < -0.4 is 10.5 Å². The second kappa shape index (κ2) is 7.05. The van der Waals surface area contributed by atoms with Gasteiger partial charge >= 0.3 is 0 Å². The van der Waals surface area contributed by atoms with Gasteiger partial charge in [0.15, 0.2) is 4.34 Å². The van der Waals surface area contributed by atoms with Crippen molar-refractivity contribution in [2.24, 2.45) is 0 Å². The van der Waals surface area contributed by atoms with Gasteiger partial charge in [-0.05, 0) is 19.8 Å². The van der Waals surface area contributed by atoms with Crippen LogP contribution in [0.1, 0.15) is 36.9 Å². The maximum absolute atomic E-state index is 12.2. The molecule has 0 aromatic carbocycles. The van der Waals surface area contributed by atoms with E-state index >= 15 is 0 Å². The molecule has 0 unspecified atom stereocenters. The number of carbonyl (C=O) groups is 1. The summed E-state index contributed by atoms with van der Waals surface area (Å²) < 4.78 is 2.11. The van der Waals surface area contributed by atoms with Gasteiger partial charge in [0.05, 0.1) is 5.75 Å². The third-order valence-electron chi connectivity index (χ3n) is 3.82. The molecule has 1 fully saturated rings. The molecule has 136 valence electrons.